The van der Waals surface area contributed by atoms with Gasteiger partial charge in [0.1, 0.15) is 0 Å². The summed E-state index contributed by atoms with van der Waals surface area (Å²) in [6, 6.07) is 0. The lowest BCUT2D eigenvalue weighted by atomic mass is 9.83. The Labute approximate surface area is 80.2 Å². The molecule has 0 unspecified atom stereocenters. The first kappa shape index (κ1) is 12.4. The van der Waals surface area contributed by atoms with Gasteiger partial charge in [0.25, 0.3) is 0 Å². The third-order valence-corrected chi connectivity index (χ3v) is 1.95. The zero-order valence-electron chi connectivity index (χ0n) is 7.57. The summed E-state index contributed by atoms with van der Waals surface area (Å²) in [7, 11) is 0. The van der Waals surface area contributed by atoms with Crippen LogP contribution in [0, 0.1) is 5.41 Å². The van der Waals surface area contributed by atoms with Crippen molar-refractivity contribution >= 4 is 17.9 Å². The molecule has 0 aliphatic carbocycles. The fraction of sp³-hybridized carbons (Fsp3) is 0.625. The Morgan fingerprint density at radius 1 is 1.00 bits per heavy atom. The normalized spacial score (nSPS) is 10.9. The Kier molecular flexibility index (Phi) is 4.07. The molecule has 0 fully saturated rings. The third-order valence-electron chi connectivity index (χ3n) is 1.95. The lowest BCUT2D eigenvalue weighted by Crippen LogP contribution is -2.62. The van der Waals surface area contributed by atoms with Crippen molar-refractivity contribution in [1.82, 2.24) is 0 Å². The molecule has 0 saturated carbocycles. The van der Waals surface area contributed by atoms with Gasteiger partial charge in [-0.1, -0.05) is 19.8 Å². The molecular weight excluding hydrogens is 192 g/mol. The van der Waals surface area contributed by atoms with Crippen molar-refractivity contribution in [2.24, 2.45) is 5.41 Å². The first-order chi connectivity index (χ1) is 6.39. The highest BCUT2D eigenvalue weighted by molar-refractivity contribution is 6.14. The van der Waals surface area contributed by atoms with E-state index in [1.807, 2.05) is 0 Å². The first-order valence-corrected chi connectivity index (χ1v) is 4.04. The Hall–Kier alpha value is -1.59. The standard InChI is InChI=1S/C8H12O6/c1-2-3-4-8(5(9)10,6(11)12)7(13)14/h2-4H2,1H3,(H,9,10)(H,11,12)(H,13,14)/p-3. The summed E-state index contributed by atoms with van der Waals surface area (Å²) in [5.41, 5.74) is -3.03. The zero-order chi connectivity index (χ0) is 11.4. The summed E-state index contributed by atoms with van der Waals surface area (Å²) >= 11 is 0. The smallest absolute Gasteiger partial charge is 0.0887 e. The summed E-state index contributed by atoms with van der Waals surface area (Å²) in [4.78, 5) is 31.4. The molecule has 0 aliphatic rings. The van der Waals surface area contributed by atoms with Gasteiger partial charge < -0.3 is 29.7 Å². The van der Waals surface area contributed by atoms with Crippen LogP contribution in [0.5, 0.6) is 0 Å². The second kappa shape index (κ2) is 4.59. The molecule has 0 heterocycles. The van der Waals surface area contributed by atoms with Crippen molar-refractivity contribution in [3.8, 4) is 0 Å². The van der Waals surface area contributed by atoms with Crippen LogP contribution in [0.4, 0.5) is 0 Å². The van der Waals surface area contributed by atoms with Gasteiger partial charge in [-0.25, -0.2) is 0 Å². The number of carboxylic acids is 3. The zero-order valence-corrected chi connectivity index (χ0v) is 7.57. The van der Waals surface area contributed by atoms with E-state index >= 15 is 0 Å². The van der Waals surface area contributed by atoms with Crippen LogP contribution >= 0.6 is 0 Å². The lowest BCUT2D eigenvalue weighted by Gasteiger charge is -2.36. The molecule has 0 aromatic heterocycles. The predicted molar refractivity (Wildman–Crippen MR) is 37.0 cm³/mol. The van der Waals surface area contributed by atoms with Gasteiger partial charge >= 0.3 is 0 Å². The molecule has 0 aliphatic heterocycles. The molecule has 0 atom stereocenters. The largest absolute Gasteiger partial charge is 0.549 e. The van der Waals surface area contributed by atoms with Gasteiger partial charge in [-0.3, -0.25) is 0 Å². The third kappa shape index (κ3) is 2.01. The van der Waals surface area contributed by atoms with Gasteiger partial charge in [-0.05, 0) is 6.42 Å². The number of carbonyl (C=O) groups is 3. The molecule has 6 nitrogen and oxygen atoms in total. The second-order valence-corrected chi connectivity index (χ2v) is 2.87. The van der Waals surface area contributed by atoms with E-state index in [9.17, 15) is 29.7 Å². The van der Waals surface area contributed by atoms with E-state index in [1.54, 1.807) is 6.92 Å². The quantitative estimate of drug-likeness (QED) is 0.409. The Balaban J connectivity index is 5.06. The van der Waals surface area contributed by atoms with Gasteiger partial charge in [0.2, 0.25) is 0 Å². The highest BCUT2D eigenvalue weighted by atomic mass is 16.4. The van der Waals surface area contributed by atoms with Crippen LogP contribution in [0.3, 0.4) is 0 Å². The van der Waals surface area contributed by atoms with Crippen molar-refractivity contribution in [2.75, 3.05) is 0 Å². The average molecular weight is 201 g/mol. The molecule has 0 rings (SSSR count). The predicted octanol–water partition coefficient (Wildman–Crippen LogP) is -3.59. The summed E-state index contributed by atoms with van der Waals surface area (Å²) in [6.45, 7) is 1.66. The molecule has 80 valence electrons. The van der Waals surface area contributed by atoms with E-state index in [-0.39, 0.29) is 6.42 Å². The highest BCUT2D eigenvalue weighted by Gasteiger charge is 2.34. The van der Waals surface area contributed by atoms with Crippen molar-refractivity contribution in [3.05, 3.63) is 0 Å². The lowest BCUT2D eigenvalue weighted by molar-refractivity contribution is -0.361. The van der Waals surface area contributed by atoms with Gasteiger partial charge in [-0.15, -0.1) is 0 Å². The van der Waals surface area contributed by atoms with Crippen LogP contribution in [0.15, 0.2) is 0 Å². The molecular formula is C8H9O6-3. The van der Waals surface area contributed by atoms with E-state index < -0.39 is 29.7 Å². The maximum Gasteiger partial charge on any atom is 0.0887 e. The maximum atomic E-state index is 10.5. The Morgan fingerprint density at radius 3 is 1.57 bits per heavy atom. The number of rotatable bonds is 6. The topological polar surface area (TPSA) is 120 Å². The number of hydrogen-bond acceptors (Lipinski definition) is 6. The van der Waals surface area contributed by atoms with Crippen LogP contribution in [-0.2, 0) is 14.4 Å². The fourth-order valence-electron chi connectivity index (χ4n) is 0.998. The van der Waals surface area contributed by atoms with Gasteiger partial charge in [0.05, 0.1) is 23.3 Å². The van der Waals surface area contributed by atoms with Crippen LogP contribution in [0.1, 0.15) is 26.2 Å². The van der Waals surface area contributed by atoms with E-state index in [1.165, 1.54) is 0 Å². The minimum absolute atomic E-state index is 0.121. The Bertz CT molecular complexity index is 221. The fourth-order valence-corrected chi connectivity index (χ4v) is 0.998. The van der Waals surface area contributed by atoms with Crippen molar-refractivity contribution in [2.45, 2.75) is 26.2 Å². The molecule has 0 radical (unpaired) electrons. The van der Waals surface area contributed by atoms with Crippen molar-refractivity contribution < 1.29 is 29.7 Å². The van der Waals surface area contributed by atoms with Crippen molar-refractivity contribution in [3.63, 3.8) is 0 Å². The van der Waals surface area contributed by atoms with E-state index in [2.05, 4.69) is 0 Å². The van der Waals surface area contributed by atoms with Crippen LogP contribution < -0.4 is 15.3 Å². The highest BCUT2D eigenvalue weighted by Crippen LogP contribution is 2.23. The number of carboxylic acid groups (broad SMARTS) is 3. The average Bonchev–Trinajstić information content (AvgIpc) is 2.03. The summed E-state index contributed by atoms with van der Waals surface area (Å²) < 4.78 is 0. The number of carbonyl (C=O) groups excluding carboxylic acids is 3. The van der Waals surface area contributed by atoms with Crippen molar-refractivity contribution in [1.29, 1.82) is 0 Å². The monoisotopic (exact) mass is 201 g/mol. The summed E-state index contributed by atoms with van der Waals surface area (Å²) in [5, 5.41) is 31.4. The molecule has 0 bridgehead atoms. The number of aliphatic carboxylic acids is 3. The molecule has 0 spiro atoms. The molecule has 14 heavy (non-hydrogen) atoms. The van der Waals surface area contributed by atoms with Gasteiger partial charge in [0.15, 0.2) is 0 Å². The molecule has 0 N–H and O–H groups in total. The minimum Gasteiger partial charge on any atom is -0.549 e. The van der Waals surface area contributed by atoms with Crippen LogP contribution in [0.2, 0.25) is 0 Å². The molecule has 0 aromatic carbocycles. The first-order valence-electron chi connectivity index (χ1n) is 4.04. The van der Waals surface area contributed by atoms with Gasteiger partial charge in [-0.2, -0.15) is 0 Å². The summed E-state index contributed by atoms with van der Waals surface area (Å²) in [5.74, 6) is -6.61. The van der Waals surface area contributed by atoms with E-state index in [0.29, 0.717) is 6.42 Å². The van der Waals surface area contributed by atoms with Crippen LogP contribution in [-0.4, -0.2) is 17.9 Å². The Morgan fingerprint density at radius 2 is 1.36 bits per heavy atom. The maximum absolute atomic E-state index is 10.5. The molecule has 0 saturated heterocycles. The van der Waals surface area contributed by atoms with Gasteiger partial charge in [0, 0.05) is 0 Å². The second-order valence-electron chi connectivity index (χ2n) is 2.87. The van der Waals surface area contributed by atoms with E-state index in [0.717, 1.165) is 0 Å². The minimum atomic E-state index is -3.03. The SMILES string of the molecule is CCCCC(C(=O)[O-])(C(=O)[O-])C(=O)[O-]. The number of hydrogen-bond donors (Lipinski definition) is 0. The molecule has 0 aromatic rings. The van der Waals surface area contributed by atoms with Crippen LogP contribution in [0.25, 0.3) is 0 Å². The number of unbranched alkanes of at least 4 members (excludes halogenated alkanes) is 1. The van der Waals surface area contributed by atoms with E-state index in [4.69, 9.17) is 0 Å². The molecule has 0 amide bonds. The summed E-state index contributed by atoms with van der Waals surface area (Å²) in [6.07, 6.45) is -0.0119. The molecule has 6 heteroatoms.